The van der Waals surface area contributed by atoms with Gasteiger partial charge in [0.1, 0.15) is 11.5 Å². The first-order valence-electron chi connectivity index (χ1n) is 20.7. The Hall–Kier alpha value is -5.06. The van der Waals surface area contributed by atoms with Crippen LogP contribution in [0, 0.1) is 33.4 Å². The van der Waals surface area contributed by atoms with E-state index in [4.69, 9.17) is 9.47 Å². The Balaban J connectivity index is 0.00000139. The van der Waals surface area contributed by atoms with Crippen LogP contribution < -0.4 is 30.7 Å². The molecule has 17 heteroatoms. The molecule has 0 saturated carbocycles. The third kappa shape index (κ3) is 12.5. The summed E-state index contributed by atoms with van der Waals surface area (Å²) < 4.78 is 183. The van der Waals surface area contributed by atoms with Crippen LogP contribution >= 0.6 is 15.8 Å². The number of ether oxygens (including phenoxy) is 2. The summed E-state index contributed by atoms with van der Waals surface area (Å²) in [6, 6.07) is 19.2. The van der Waals surface area contributed by atoms with Crippen LogP contribution in [0.5, 0.6) is 11.5 Å². The zero-order valence-electron chi connectivity index (χ0n) is 37.9. The second kappa shape index (κ2) is 21.5. The van der Waals surface area contributed by atoms with E-state index in [1.165, 1.54) is 13.0 Å². The summed E-state index contributed by atoms with van der Waals surface area (Å²) in [5.74, 6) is 1.35. The molecular weight excluding hydrogens is 1000 g/mol. The van der Waals surface area contributed by atoms with E-state index in [1.54, 1.807) is 38.5 Å². The number of methoxy groups -OCH3 is 2. The SMILES string of the molecule is COc1c(C)cc(P(c2cc(C)c(OC)c(C)c2)[C-]2C=CC=C/C2=C2/C=CC=C2[C@H](C)P(c2cc(C(F)(F)F)cc(C(F)(F)F)c2)c2cc(C(F)(F)F)cc(C(F)(F)F)c2)cc1C.[Fe+2].c1cc[cH-]c1. The molecule has 366 valence electrons. The Morgan fingerprint density at radius 2 is 0.913 bits per heavy atom. The maximum atomic E-state index is 14.3. The summed E-state index contributed by atoms with van der Waals surface area (Å²) in [7, 11) is -1.25. The summed E-state index contributed by atoms with van der Waals surface area (Å²) in [6.07, 6.45) is -9.44. The van der Waals surface area contributed by atoms with Gasteiger partial charge in [0.25, 0.3) is 0 Å². The van der Waals surface area contributed by atoms with Crippen molar-refractivity contribution < 1.29 is 79.2 Å². The molecule has 1 atom stereocenters. The minimum atomic E-state index is -5.36. The van der Waals surface area contributed by atoms with Gasteiger partial charge in [-0.2, -0.15) is 70.9 Å². The van der Waals surface area contributed by atoms with Gasteiger partial charge < -0.3 is 9.47 Å². The fourth-order valence-corrected chi connectivity index (χ4v) is 14.0. The van der Waals surface area contributed by atoms with E-state index >= 15 is 0 Å². The number of allylic oxidation sites excluding steroid dienone is 10. The molecule has 0 amide bonds. The van der Waals surface area contributed by atoms with Crippen LogP contribution in [0.25, 0.3) is 0 Å². The molecule has 5 aromatic rings. The van der Waals surface area contributed by atoms with Gasteiger partial charge in [0.2, 0.25) is 0 Å². The van der Waals surface area contributed by atoms with Crippen LogP contribution in [0.2, 0.25) is 0 Å². The minimum Gasteiger partial charge on any atom is -0.496 e. The van der Waals surface area contributed by atoms with Crippen molar-refractivity contribution in [1.82, 2.24) is 0 Å². The molecule has 0 N–H and O–H groups in total. The first-order chi connectivity index (χ1) is 31.7. The van der Waals surface area contributed by atoms with Crippen LogP contribution in [0.15, 0.2) is 150 Å². The molecule has 0 saturated heterocycles. The third-order valence-electron chi connectivity index (χ3n) is 11.2. The maximum absolute atomic E-state index is 14.3. The van der Waals surface area contributed by atoms with Gasteiger partial charge in [-0.15, -0.1) is 29.9 Å². The van der Waals surface area contributed by atoms with Crippen LogP contribution in [-0.2, 0) is 41.8 Å². The second-order valence-electron chi connectivity index (χ2n) is 16.0. The van der Waals surface area contributed by atoms with E-state index in [1.807, 2.05) is 94.4 Å². The van der Waals surface area contributed by atoms with Crippen molar-refractivity contribution in [2.24, 2.45) is 0 Å². The Morgan fingerprint density at radius 1 is 0.522 bits per heavy atom. The summed E-state index contributed by atoms with van der Waals surface area (Å²) in [6.45, 7) is 8.98. The second-order valence-corrected chi connectivity index (χ2v) is 20.7. The molecule has 0 fully saturated rings. The molecule has 5 aromatic carbocycles. The van der Waals surface area contributed by atoms with E-state index < -0.39 is 79.1 Å². The Morgan fingerprint density at radius 3 is 1.25 bits per heavy atom. The summed E-state index contributed by atoms with van der Waals surface area (Å²) >= 11 is 0. The van der Waals surface area contributed by atoms with Gasteiger partial charge in [-0.05, 0) is 140 Å². The standard InChI is InChI=1S/C47H39F12O2P2.C5H5.Fe/c1-25-15-34(16-26(2)42(25)60-6)63(35-17-27(3)43(61-7)28(4)18-35)41-14-9-8-11-40(41)39-13-10-12-38(39)29(5)62(36-21-30(44(48,49)50)19-31(22-36)45(51,52)53)37-23-32(46(54,55)56)20-33(24-37)47(57,58)59;1-2-4-5-3-1;/h8-24,29H,1-7H3;1-5H;/q2*-1;+2/b40-39+;;/t29-;;/m0../s1. The first-order valence-corrected chi connectivity index (χ1v) is 23.5. The van der Waals surface area contributed by atoms with Crippen molar-refractivity contribution in [3.05, 3.63) is 200 Å². The van der Waals surface area contributed by atoms with Gasteiger partial charge in [-0.3, -0.25) is 0 Å². The van der Waals surface area contributed by atoms with Crippen molar-refractivity contribution in [1.29, 1.82) is 0 Å². The van der Waals surface area contributed by atoms with E-state index in [-0.39, 0.29) is 34.8 Å². The summed E-state index contributed by atoms with van der Waals surface area (Å²) in [5, 5.41) is 0.354. The molecular formula is C52H44F12FeO2P2. The van der Waals surface area contributed by atoms with Crippen molar-refractivity contribution in [2.45, 2.75) is 65.0 Å². The molecule has 69 heavy (non-hydrogen) atoms. The summed E-state index contributed by atoms with van der Waals surface area (Å²) in [5.41, 5.74) is -2.87. The van der Waals surface area contributed by atoms with Crippen molar-refractivity contribution in [3.63, 3.8) is 0 Å². The number of hydrogen-bond acceptors (Lipinski definition) is 2. The summed E-state index contributed by atoms with van der Waals surface area (Å²) in [4.78, 5) is 0. The molecule has 0 spiro atoms. The topological polar surface area (TPSA) is 18.5 Å². The number of rotatable bonds is 9. The van der Waals surface area contributed by atoms with Gasteiger partial charge in [-0.25, -0.2) is 12.1 Å². The van der Waals surface area contributed by atoms with Crippen molar-refractivity contribution in [2.75, 3.05) is 14.2 Å². The molecule has 0 aliphatic heterocycles. The molecule has 0 aromatic heterocycles. The number of benzene rings is 4. The van der Waals surface area contributed by atoms with Crippen molar-refractivity contribution >= 4 is 37.1 Å². The van der Waals surface area contributed by atoms with E-state index in [9.17, 15) is 52.7 Å². The van der Waals surface area contributed by atoms with Crippen molar-refractivity contribution in [3.8, 4) is 11.5 Å². The van der Waals surface area contributed by atoms with E-state index in [0.717, 1.165) is 38.5 Å². The number of alkyl halides is 12. The Bertz CT molecular complexity index is 2530. The Labute approximate surface area is 405 Å². The van der Waals surface area contributed by atoms with E-state index in [0.29, 0.717) is 46.9 Å². The monoisotopic (exact) mass is 1050 g/mol. The average molecular weight is 1050 g/mol. The molecule has 2 nitrogen and oxygen atoms in total. The Kier molecular flexibility index (Phi) is 17.1. The fourth-order valence-electron chi connectivity index (χ4n) is 8.34. The zero-order valence-corrected chi connectivity index (χ0v) is 40.8. The van der Waals surface area contributed by atoms with Gasteiger partial charge in [0.05, 0.1) is 36.5 Å². The largest absolute Gasteiger partial charge is 2.00 e. The first kappa shape index (κ1) is 54.9. The van der Waals surface area contributed by atoms with Crippen LogP contribution in [0.3, 0.4) is 0 Å². The number of halogens is 12. The quantitative estimate of drug-likeness (QED) is 0.0634. The molecule has 0 radical (unpaired) electrons. The zero-order chi connectivity index (χ0) is 50.1. The number of aryl methyl sites for hydroxylation is 4. The molecule has 0 heterocycles. The van der Waals surface area contributed by atoms with Gasteiger partial charge in [0, 0.05) is 5.66 Å². The van der Waals surface area contributed by atoms with Crippen LogP contribution in [0.4, 0.5) is 52.7 Å². The average Bonchev–Trinajstić information content (AvgIpc) is 4.00. The maximum Gasteiger partial charge on any atom is 2.00 e. The molecule has 0 bridgehead atoms. The predicted octanol–water partition coefficient (Wildman–Crippen LogP) is 14.8. The van der Waals surface area contributed by atoms with Crippen LogP contribution in [-0.4, -0.2) is 19.9 Å². The van der Waals surface area contributed by atoms with Gasteiger partial charge >= 0.3 is 41.8 Å². The minimum absolute atomic E-state index is 0. The van der Waals surface area contributed by atoms with Crippen LogP contribution in [0.1, 0.15) is 51.4 Å². The smallest absolute Gasteiger partial charge is 0.496 e. The van der Waals surface area contributed by atoms with E-state index in [2.05, 4.69) is 0 Å². The molecule has 7 rings (SSSR count). The molecule has 0 unspecified atom stereocenters. The van der Waals surface area contributed by atoms with Gasteiger partial charge in [-0.1, -0.05) is 49.9 Å². The normalized spacial score (nSPS) is 15.6. The molecule has 2 aliphatic carbocycles. The third-order valence-corrected chi connectivity index (χ3v) is 16.3. The number of hydrogen-bond donors (Lipinski definition) is 0. The predicted molar refractivity (Wildman–Crippen MR) is 247 cm³/mol. The fraction of sp³-hybridized carbons (Fsp3) is 0.231. The molecule has 2 aliphatic rings. The van der Waals surface area contributed by atoms with Gasteiger partial charge in [0.15, 0.2) is 0 Å².